The fourth-order valence-electron chi connectivity index (χ4n) is 4.10. The van der Waals surface area contributed by atoms with Gasteiger partial charge in [0.25, 0.3) is 0 Å². The summed E-state index contributed by atoms with van der Waals surface area (Å²) in [5, 5.41) is 18.9. The molecule has 2 heterocycles. The van der Waals surface area contributed by atoms with Crippen molar-refractivity contribution in [3.63, 3.8) is 0 Å². The highest BCUT2D eigenvalue weighted by Crippen LogP contribution is 2.29. The number of aromatic nitrogens is 3. The summed E-state index contributed by atoms with van der Waals surface area (Å²) in [6, 6.07) is 25.5. The zero-order valence-corrected chi connectivity index (χ0v) is 18.4. The normalized spacial score (nSPS) is 12.0. The quantitative estimate of drug-likeness (QED) is 0.327. The molecular formula is C27H23N3O4. The van der Waals surface area contributed by atoms with Crippen molar-refractivity contribution in [1.82, 2.24) is 14.9 Å². The lowest BCUT2D eigenvalue weighted by Crippen LogP contribution is -2.08. The molecular weight excluding hydrogens is 430 g/mol. The monoisotopic (exact) mass is 453 g/mol. The molecule has 7 nitrogen and oxygen atoms in total. The summed E-state index contributed by atoms with van der Waals surface area (Å²) in [7, 11) is 0. The molecule has 0 fully saturated rings. The molecule has 7 heteroatoms. The number of aliphatic carboxylic acids is 1. The number of rotatable bonds is 9. The van der Waals surface area contributed by atoms with E-state index in [1.54, 1.807) is 6.07 Å². The summed E-state index contributed by atoms with van der Waals surface area (Å²) >= 11 is 0. The minimum absolute atomic E-state index is 0.0678. The zero-order valence-electron chi connectivity index (χ0n) is 18.4. The number of carboxylic acids is 1. The lowest BCUT2D eigenvalue weighted by Gasteiger charge is -2.13. The van der Waals surface area contributed by atoms with Crippen LogP contribution in [-0.2, 0) is 17.9 Å². The first kappa shape index (κ1) is 21.5. The van der Waals surface area contributed by atoms with Gasteiger partial charge < -0.3 is 14.4 Å². The van der Waals surface area contributed by atoms with Crippen LogP contribution < -0.4 is 4.74 Å². The number of fused-ring (bicyclic) bond motifs is 1. The summed E-state index contributed by atoms with van der Waals surface area (Å²) in [6.45, 7) is 1.11. The highest BCUT2D eigenvalue weighted by atomic mass is 16.5. The molecule has 0 saturated heterocycles. The topological polar surface area (TPSA) is 90.4 Å². The van der Waals surface area contributed by atoms with Gasteiger partial charge in [-0.25, -0.2) is 0 Å². The third kappa shape index (κ3) is 4.68. The third-order valence-corrected chi connectivity index (χ3v) is 5.82. The molecule has 5 rings (SSSR count). The van der Waals surface area contributed by atoms with E-state index < -0.39 is 5.97 Å². The molecule has 170 valence electrons. The standard InChI is InChI=1S/C27H23N3O4/c31-27(32)15-23(25-13-14-34-29-25)20-9-11-22(12-10-20)33-18-21-7-4-8-26-24(21)16-28-30(26)17-19-5-2-1-3-6-19/h1-14,16,23H,15,17-18H2,(H,31,32)/t23-/m0/s1. The van der Waals surface area contributed by atoms with E-state index in [2.05, 4.69) is 28.5 Å². The molecule has 0 amide bonds. The van der Waals surface area contributed by atoms with E-state index in [0.717, 1.165) is 22.0 Å². The van der Waals surface area contributed by atoms with Gasteiger partial charge in [-0.1, -0.05) is 59.8 Å². The molecule has 0 unspecified atom stereocenters. The largest absolute Gasteiger partial charge is 0.489 e. The van der Waals surface area contributed by atoms with Crippen LogP contribution in [0, 0.1) is 0 Å². The molecule has 3 aromatic carbocycles. The van der Waals surface area contributed by atoms with Gasteiger partial charge in [-0.2, -0.15) is 5.10 Å². The van der Waals surface area contributed by atoms with Gasteiger partial charge in [0.2, 0.25) is 0 Å². The first-order chi connectivity index (χ1) is 16.7. The van der Waals surface area contributed by atoms with Crippen molar-refractivity contribution in [2.75, 3.05) is 0 Å². The van der Waals surface area contributed by atoms with Crippen molar-refractivity contribution in [2.45, 2.75) is 25.5 Å². The molecule has 0 aliphatic carbocycles. The number of nitrogens with zero attached hydrogens (tertiary/aromatic N) is 3. The van der Waals surface area contributed by atoms with Crippen molar-refractivity contribution in [2.24, 2.45) is 0 Å². The van der Waals surface area contributed by atoms with Crippen LogP contribution in [0.1, 0.15) is 34.7 Å². The van der Waals surface area contributed by atoms with Gasteiger partial charge in [-0.15, -0.1) is 0 Å². The number of hydrogen-bond donors (Lipinski definition) is 1. The predicted molar refractivity (Wildman–Crippen MR) is 127 cm³/mol. The Bertz CT molecular complexity index is 1380. The Morgan fingerprint density at radius 2 is 1.82 bits per heavy atom. The maximum Gasteiger partial charge on any atom is 0.304 e. The van der Waals surface area contributed by atoms with Crippen molar-refractivity contribution in [1.29, 1.82) is 0 Å². The molecule has 0 aliphatic heterocycles. The van der Waals surface area contributed by atoms with Crippen LogP contribution in [0.4, 0.5) is 0 Å². The van der Waals surface area contributed by atoms with Gasteiger partial charge in [-0.3, -0.25) is 9.48 Å². The average Bonchev–Trinajstić information content (AvgIpc) is 3.53. The fraction of sp³-hybridized carbons (Fsp3) is 0.148. The van der Waals surface area contributed by atoms with E-state index >= 15 is 0 Å². The second kappa shape index (κ2) is 9.62. The van der Waals surface area contributed by atoms with E-state index in [0.29, 0.717) is 24.6 Å². The lowest BCUT2D eigenvalue weighted by atomic mass is 9.92. The van der Waals surface area contributed by atoms with Crippen LogP contribution in [-0.4, -0.2) is 26.0 Å². The van der Waals surface area contributed by atoms with Crippen LogP contribution in [0.3, 0.4) is 0 Å². The smallest absolute Gasteiger partial charge is 0.304 e. The van der Waals surface area contributed by atoms with Crippen molar-refractivity contribution >= 4 is 16.9 Å². The molecule has 1 atom stereocenters. The zero-order chi connectivity index (χ0) is 23.3. The van der Waals surface area contributed by atoms with E-state index in [-0.39, 0.29) is 12.3 Å². The highest BCUT2D eigenvalue weighted by molar-refractivity contribution is 5.82. The Morgan fingerprint density at radius 1 is 1.00 bits per heavy atom. The van der Waals surface area contributed by atoms with E-state index in [1.165, 1.54) is 11.8 Å². The molecule has 2 aromatic heterocycles. The van der Waals surface area contributed by atoms with Gasteiger partial charge in [0.1, 0.15) is 18.6 Å². The van der Waals surface area contributed by atoms with Crippen LogP contribution in [0.25, 0.3) is 10.9 Å². The minimum atomic E-state index is -0.894. The Morgan fingerprint density at radius 3 is 2.56 bits per heavy atom. The summed E-state index contributed by atoms with van der Waals surface area (Å²) in [6.07, 6.45) is 3.26. The highest BCUT2D eigenvalue weighted by Gasteiger charge is 2.20. The average molecular weight is 453 g/mol. The lowest BCUT2D eigenvalue weighted by molar-refractivity contribution is -0.137. The number of hydrogen-bond acceptors (Lipinski definition) is 5. The molecule has 0 aliphatic rings. The first-order valence-electron chi connectivity index (χ1n) is 11.0. The van der Waals surface area contributed by atoms with Gasteiger partial charge in [0, 0.05) is 22.9 Å². The molecule has 5 aromatic rings. The summed E-state index contributed by atoms with van der Waals surface area (Å²) in [5.74, 6) is -0.574. The number of ether oxygens (including phenoxy) is 1. The molecule has 0 radical (unpaired) electrons. The summed E-state index contributed by atoms with van der Waals surface area (Å²) in [5.41, 5.74) is 4.74. The van der Waals surface area contributed by atoms with E-state index in [4.69, 9.17) is 9.26 Å². The Labute approximate surface area is 196 Å². The maximum atomic E-state index is 11.3. The first-order valence-corrected chi connectivity index (χ1v) is 11.0. The molecule has 0 bridgehead atoms. The fourth-order valence-corrected chi connectivity index (χ4v) is 4.10. The second-order valence-electron chi connectivity index (χ2n) is 8.07. The Kier molecular flexibility index (Phi) is 6.07. The van der Waals surface area contributed by atoms with Crippen LogP contribution in [0.2, 0.25) is 0 Å². The predicted octanol–water partition coefficient (Wildman–Crippen LogP) is 5.26. The Hall–Kier alpha value is -4.39. The molecule has 1 N–H and O–H groups in total. The molecule has 0 spiro atoms. The van der Waals surface area contributed by atoms with Gasteiger partial charge >= 0.3 is 5.97 Å². The number of carboxylic acid groups (broad SMARTS) is 1. The summed E-state index contributed by atoms with van der Waals surface area (Å²) in [4.78, 5) is 11.3. The molecule has 34 heavy (non-hydrogen) atoms. The van der Waals surface area contributed by atoms with Gasteiger partial charge in [-0.05, 0) is 29.3 Å². The van der Waals surface area contributed by atoms with Gasteiger partial charge in [0.15, 0.2) is 0 Å². The van der Waals surface area contributed by atoms with Crippen LogP contribution >= 0.6 is 0 Å². The molecule has 0 saturated carbocycles. The summed E-state index contributed by atoms with van der Waals surface area (Å²) < 4.78 is 12.9. The number of carbonyl (C=O) groups is 1. The van der Waals surface area contributed by atoms with Crippen molar-refractivity contribution < 1.29 is 19.2 Å². The maximum absolute atomic E-state index is 11.3. The van der Waals surface area contributed by atoms with E-state index in [9.17, 15) is 9.90 Å². The third-order valence-electron chi connectivity index (χ3n) is 5.82. The number of benzene rings is 3. The van der Waals surface area contributed by atoms with Crippen LogP contribution in [0.15, 0.2) is 95.8 Å². The van der Waals surface area contributed by atoms with Crippen molar-refractivity contribution in [3.8, 4) is 5.75 Å². The van der Waals surface area contributed by atoms with Gasteiger partial charge in [0.05, 0.1) is 30.4 Å². The van der Waals surface area contributed by atoms with E-state index in [1.807, 2.05) is 65.5 Å². The minimum Gasteiger partial charge on any atom is -0.489 e. The Balaban J connectivity index is 1.30. The second-order valence-corrected chi connectivity index (χ2v) is 8.07. The van der Waals surface area contributed by atoms with Crippen molar-refractivity contribution in [3.05, 3.63) is 114 Å². The SMILES string of the molecule is O=C(O)C[C@@H](c1ccc(OCc2cccc3c2cnn3Cc2ccccc2)cc1)c1ccon1. The van der Waals surface area contributed by atoms with Crippen LogP contribution in [0.5, 0.6) is 5.75 Å².